The van der Waals surface area contributed by atoms with Crippen molar-refractivity contribution in [1.82, 2.24) is 15.5 Å². The van der Waals surface area contributed by atoms with Crippen LogP contribution in [0.25, 0.3) is 0 Å². The average Bonchev–Trinajstić information content (AvgIpc) is 3.18. The maximum Gasteiger partial charge on any atom is 0.407 e. The van der Waals surface area contributed by atoms with E-state index in [9.17, 15) is 9.59 Å². The molecule has 2 aliphatic carbocycles. The predicted octanol–water partition coefficient (Wildman–Crippen LogP) is 2.79. The first-order valence-corrected chi connectivity index (χ1v) is 9.76. The second kappa shape index (κ2) is 8.73. The third-order valence-electron chi connectivity index (χ3n) is 5.36. The fourth-order valence-corrected chi connectivity index (χ4v) is 3.91. The molecule has 0 aromatic carbocycles. The van der Waals surface area contributed by atoms with E-state index in [1.165, 1.54) is 0 Å². The summed E-state index contributed by atoms with van der Waals surface area (Å²) in [6.45, 7) is 4.53. The van der Waals surface area contributed by atoms with Crippen molar-refractivity contribution in [3.05, 3.63) is 11.8 Å². The van der Waals surface area contributed by atoms with Gasteiger partial charge >= 0.3 is 6.09 Å². The summed E-state index contributed by atoms with van der Waals surface area (Å²) < 4.78 is 10.6. The third kappa shape index (κ3) is 5.22. The van der Waals surface area contributed by atoms with Crippen molar-refractivity contribution in [3.63, 3.8) is 0 Å². The molecule has 8 heteroatoms. The molecule has 2 saturated carbocycles. The first-order valence-electron chi connectivity index (χ1n) is 9.76. The summed E-state index contributed by atoms with van der Waals surface area (Å²) in [5.41, 5.74) is 0.978. The smallest absolute Gasteiger partial charge is 0.407 e. The molecule has 0 bridgehead atoms. The summed E-state index contributed by atoms with van der Waals surface area (Å²) in [4.78, 5) is 24.0. The minimum Gasteiger partial charge on any atom is -0.446 e. The standard InChI is InChI=1S/C19H30N4O4/c1-11(2)20-19(25)27-15-5-4-13(8-15)16-9-17(23-22-16)21-18(24)14-6-12(7-14)10-26-3/h9,11-15H,4-8,10H2,1-3H3,(H,20,25)(H2,21,22,23,24)/t12?,13-,14?,15+/m0/s1. The summed E-state index contributed by atoms with van der Waals surface area (Å²) >= 11 is 0. The maximum absolute atomic E-state index is 12.3. The SMILES string of the molecule is COCC1CC(C(=O)Nc2cc([C@H]3CC[C@@H](OC(=O)NC(C)C)C3)[nH]n2)C1. The molecule has 0 spiro atoms. The van der Waals surface area contributed by atoms with E-state index in [4.69, 9.17) is 9.47 Å². The van der Waals surface area contributed by atoms with Crippen molar-refractivity contribution in [2.45, 2.75) is 64.0 Å². The summed E-state index contributed by atoms with van der Waals surface area (Å²) in [7, 11) is 1.69. The van der Waals surface area contributed by atoms with Gasteiger partial charge < -0.3 is 20.1 Å². The zero-order chi connectivity index (χ0) is 19.4. The van der Waals surface area contributed by atoms with Crippen LogP contribution in [0.15, 0.2) is 6.07 Å². The Morgan fingerprint density at radius 1 is 1.30 bits per heavy atom. The number of hydrogen-bond acceptors (Lipinski definition) is 5. The van der Waals surface area contributed by atoms with Crippen LogP contribution in [-0.2, 0) is 14.3 Å². The highest BCUT2D eigenvalue weighted by Gasteiger charge is 2.35. The van der Waals surface area contributed by atoms with E-state index in [0.717, 1.165) is 44.4 Å². The number of carbonyl (C=O) groups excluding carboxylic acids is 2. The average molecular weight is 378 g/mol. The Bertz CT molecular complexity index is 654. The predicted molar refractivity (Wildman–Crippen MR) is 100 cm³/mol. The Morgan fingerprint density at radius 2 is 2.07 bits per heavy atom. The number of nitrogens with one attached hydrogen (secondary N) is 3. The van der Waals surface area contributed by atoms with Crippen molar-refractivity contribution in [1.29, 1.82) is 0 Å². The van der Waals surface area contributed by atoms with Gasteiger partial charge in [0.15, 0.2) is 5.82 Å². The van der Waals surface area contributed by atoms with Crippen LogP contribution in [0.5, 0.6) is 0 Å². The lowest BCUT2D eigenvalue weighted by Gasteiger charge is -2.33. The lowest BCUT2D eigenvalue weighted by Crippen LogP contribution is -2.36. The first kappa shape index (κ1) is 19.7. The van der Waals surface area contributed by atoms with Gasteiger partial charge in [-0.05, 0) is 51.9 Å². The van der Waals surface area contributed by atoms with E-state index in [-0.39, 0.29) is 36.0 Å². The van der Waals surface area contributed by atoms with Crippen LogP contribution in [-0.4, -0.2) is 48.1 Å². The van der Waals surface area contributed by atoms with Gasteiger partial charge in [-0.2, -0.15) is 5.10 Å². The van der Waals surface area contributed by atoms with E-state index in [0.29, 0.717) is 11.7 Å². The topological polar surface area (TPSA) is 105 Å². The van der Waals surface area contributed by atoms with Gasteiger partial charge in [-0.1, -0.05) is 0 Å². The number of rotatable bonds is 7. The molecule has 1 aromatic rings. The van der Waals surface area contributed by atoms with Gasteiger partial charge in [-0.3, -0.25) is 9.89 Å². The quantitative estimate of drug-likeness (QED) is 0.677. The maximum atomic E-state index is 12.3. The second-order valence-electron chi connectivity index (χ2n) is 8.02. The number of alkyl carbamates (subject to hydrolysis) is 1. The van der Waals surface area contributed by atoms with E-state index >= 15 is 0 Å². The number of aromatic amines is 1. The number of nitrogens with zero attached hydrogens (tertiary/aromatic N) is 1. The van der Waals surface area contributed by atoms with Gasteiger partial charge in [-0.25, -0.2) is 4.79 Å². The molecule has 2 amide bonds. The number of anilines is 1. The lowest BCUT2D eigenvalue weighted by atomic mass is 9.75. The normalized spacial score (nSPS) is 27.3. The molecule has 1 heterocycles. The number of aromatic nitrogens is 2. The monoisotopic (exact) mass is 378 g/mol. The van der Waals surface area contributed by atoms with Crippen LogP contribution in [0.2, 0.25) is 0 Å². The molecule has 27 heavy (non-hydrogen) atoms. The Kier molecular flexibility index (Phi) is 6.36. The summed E-state index contributed by atoms with van der Waals surface area (Å²) in [6.07, 6.45) is 3.83. The van der Waals surface area contributed by atoms with Crippen LogP contribution in [0, 0.1) is 11.8 Å². The second-order valence-corrected chi connectivity index (χ2v) is 8.02. The minimum absolute atomic E-state index is 0.0263. The number of amides is 2. The zero-order valence-corrected chi connectivity index (χ0v) is 16.3. The fraction of sp³-hybridized carbons (Fsp3) is 0.737. The molecule has 2 aliphatic rings. The van der Waals surface area contributed by atoms with E-state index in [1.54, 1.807) is 7.11 Å². The number of H-pyrrole nitrogens is 1. The molecule has 8 nitrogen and oxygen atoms in total. The summed E-state index contributed by atoms with van der Waals surface area (Å²) in [6, 6.07) is 1.96. The van der Waals surface area contributed by atoms with Crippen LogP contribution >= 0.6 is 0 Å². The molecule has 2 atom stereocenters. The van der Waals surface area contributed by atoms with Crippen LogP contribution in [0.1, 0.15) is 57.6 Å². The minimum atomic E-state index is -0.361. The molecule has 3 rings (SSSR count). The van der Waals surface area contributed by atoms with E-state index in [1.807, 2.05) is 19.9 Å². The van der Waals surface area contributed by atoms with Crippen molar-refractivity contribution in [2.24, 2.45) is 11.8 Å². The Hall–Kier alpha value is -2.09. The van der Waals surface area contributed by atoms with E-state index in [2.05, 4.69) is 20.8 Å². The number of ether oxygens (including phenoxy) is 2. The highest BCUT2D eigenvalue weighted by Crippen LogP contribution is 2.37. The third-order valence-corrected chi connectivity index (χ3v) is 5.36. The molecule has 0 aliphatic heterocycles. The van der Waals surface area contributed by atoms with Crippen LogP contribution < -0.4 is 10.6 Å². The molecule has 0 saturated heterocycles. The Labute approximate surface area is 159 Å². The largest absolute Gasteiger partial charge is 0.446 e. The molecular formula is C19H30N4O4. The molecule has 0 radical (unpaired) electrons. The highest BCUT2D eigenvalue weighted by molar-refractivity contribution is 5.92. The van der Waals surface area contributed by atoms with Gasteiger partial charge in [0, 0.05) is 43.4 Å². The molecular weight excluding hydrogens is 348 g/mol. The van der Waals surface area contributed by atoms with Crippen molar-refractivity contribution in [3.8, 4) is 0 Å². The van der Waals surface area contributed by atoms with Crippen molar-refractivity contribution in [2.75, 3.05) is 19.0 Å². The van der Waals surface area contributed by atoms with Gasteiger partial charge in [0.05, 0.1) is 0 Å². The number of hydrogen-bond donors (Lipinski definition) is 3. The zero-order valence-electron chi connectivity index (χ0n) is 16.3. The fourth-order valence-electron chi connectivity index (χ4n) is 3.91. The van der Waals surface area contributed by atoms with Crippen LogP contribution in [0.3, 0.4) is 0 Å². The Balaban J connectivity index is 1.44. The number of carbonyl (C=O) groups is 2. The first-order chi connectivity index (χ1) is 12.9. The molecule has 1 aromatic heterocycles. The molecule has 150 valence electrons. The molecule has 3 N–H and O–H groups in total. The molecule has 0 unspecified atom stereocenters. The van der Waals surface area contributed by atoms with Gasteiger partial charge in [0.2, 0.25) is 5.91 Å². The summed E-state index contributed by atoms with van der Waals surface area (Å²) in [5, 5.41) is 12.9. The van der Waals surface area contributed by atoms with Crippen molar-refractivity contribution >= 4 is 17.8 Å². The highest BCUT2D eigenvalue weighted by atomic mass is 16.6. The van der Waals surface area contributed by atoms with Gasteiger partial charge in [0.1, 0.15) is 6.10 Å². The van der Waals surface area contributed by atoms with Crippen LogP contribution in [0.4, 0.5) is 10.6 Å². The van der Waals surface area contributed by atoms with Gasteiger partial charge in [0.25, 0.3) is 0 Å². The van der Waals surface area contributed by atoms with E-state index < -0.39 is 0 Å². The Morgan fingerprint density at radius 3 is 2.78 bits per heavy atom. The van der Waals surface area contributed by atoms with Crippen molar-refractivity contribution < 1.29 is 19.1 Å². The van der Waals surface area contributed by atoms with Gasteiger partial charge in [-0.15, -0.1) is 0 Å². The lowest BCUT2D eigenvalue weighted by molar-refractivity contribution is -0.124. The molecule has 2 fully saturated rings. The number of methoxy groups -OCH3 is 1. The summed E-state index contributed by atoms with van der Waals surface area (Å²) in [5.74, 6) is 1.39.